The van der Waals surface area contributed by atoms with Gasteiger partial charge in [-0.1, -0.05) is 11.6 Å². The van der Waals surface area contributed by atoms with Crippen LogP contribution in [0.5, 0.6) is 0 Å². The highest BCUT2D eigenvalue weighted by molar-refractivity contribution is 6.33. The van der Waals surface area contributed by atoms with Gasteiger partial charge in [-0.25, -0.2) is 0 Å². The lowest BCUT2D eigenvalue weighted by Crippen LogP contribution is -2.44. The van der Waals surface area contributed by atoms with Gasteiger partial charge in [0.2, 0.25) is 0 Å². The number of amides is 1. The summed E-state index contributed by atoms with van der Waals surface area (Å²) in [6, 6.07) is 4.30. The van der Waals surface area contributed by atoms with Gasteiger partial charge in [-0.05, 0) is 45.1 Å². The van der Waals surface area contributed by atoms with Crippen molar-refractivity contribution >= 4 is 23.2 Å². The average Bonchev–Trinajstić information content (AvgIpc) is 2.46. The SMILES string of the molecule is CN1CCC(N(C)C(=O)c2ccc([N+](=O)[O-])c(Cl)c2)CC1. The minimum absolute atomic E-state index is 0.0115. The van der Waals surface area contributed by atoms with Crippen molar-refractivity contribution < 1.29 is 9.72 Å². The van der Waals surface area contributed by atoms with Gasteiger partial charge in [-0.3, -0.25) is 14.9 Å². The molecule has 0 N–H and O–H groups in total. The zero-order valence-corrected chi connectivity index (χ0v) is 12.8. The van der Waals surface area contributed by atoms with E-state index in [0.717, 1.165) is 25.9 Å². The van der Waals surface area contributed by atoms with Crippen LogP contribution >= 0.6 is 11.6 Å². The van der Waals surface area contributed by atoms with Gasteiger partial charge in [-0.15, -0.1) is 0 Å². The normalized spacial score (nSPS) is 16.7. The Balaban J connectivity index is 2.12. The molecule has 114 valence electrons. The van der Waals surface area contributed by atoms with Crippen LogP contribution in [0, 0.1) is 10.1 Å². The van der Waals surface area contributed by atoms with E-state index in [2.05, 4.69) is 11.9 Å². The highest BCUT2D eigenvalue weighted by atomic mass is 35.5. The summed E-state index contributed by atoms with van der Waals surface area (Å²) in [4.78, 5) is 26.6. The first-order chi connectivity index (χ1) is 9.90. The molecule has 1 aliphatic rings. The fourth-order valence-electron chi connectivity index (χ4n) is 2.54. The van der Waals surface area contributed by atoms with E-state index in [-0.39, 0.29) is 22.7 Å². The lowest BCUT2D eigenvalue weighted by atomic mass is 10.0. The van der Waals surface area contributed by atoms with Gasteiger partial charge >= 0.3 is 0 Å². The van der Waals surface area contributed by atoms with Crippen LogP contribution in [0.2, 0.25) is 5.02 Å². The number of rotatable bonds is 3. The second-order valence-electron chi connectivity index (χ2n) is 5.37. The lowest BCUT2D eigenvalue weighted by molar-refractivity contribution is -0.384. The van der Waals surface area contributed by atoms with Crippen molar-refractivity contribution in [3.8, 4) is 0 Å². The molecule has 0 radical (unpaired) electrons. The smallest absolute Gasteiger partial charge is 0.287 e. The van der Waals surface area contributed by atoms with E-state index in [0.29, 0.717) is 5.56 Å². The number of carbonyl (C=O) groups is 1. The predicted octanol–water partition coefficient (Wildman–Crippen LogP) is 2.41. The van der Waals surface area contributed by atoms with Crippen LogP contribution in [0.25, 0.3) is 0 Å². The van der Waals surface area contributed by atoms with Gasteiger partial charge in [0.15, 0.2) is 0 Å². The summed E-state index contributed by atoms with van der Waals surface area (Å²) in [6.45, 7) is 1.92. The zero-order chi connectivity index (χ0) is 15.6. The predicted molar refractivity (Wildman–Crippen MR) is 80.7 cm³/mol. The van der Waals surface area contributed by atoms with E-state index in [1.54, 1.807) is 11.9 Å². The largest absolute Gasteiger partial charge is 0.339 e. The van der Waals surface area contributed by atoms with E-state index < -0.39 is 4.92 Å². The van der Waals surface area contributed by atoms with Crippen molar-refractivity contribution in [2.75, 3.05) is 27.2 Å². The summed E-state index contributed by atoms with van der Waals surface area (Å²) >= 11 is 5.86. The molecule has 0 spiro atoms. The maximum absolute atomic E-state index is 12.4. The summed E-state index contributed by atoms with van der Waals surface area (Å²) in [5.41, 5.74) is 0.196. The molecule has 0 aliphatic carbocycles. The number of nitro groups is 1. The fourth-order valence-corrected chi connectivity index (χ4v) is 2.79. The fraction of sp³-hybridized carbons (Fsp3) is 0.500. The number of benzene rings is 1. The molecule has 1 aliphatic heterocycles. The van der Waals surface area contributed by atoms with E-state index in [1.807, 2.05) is 0 Å². The molecule has 2 rings (SSSR count). The molecule has 1 aromatic rings. The molecule has 0 bridgehead atoms. The quantitative estimate of drug-likeness (QED) is 0.635. The molecule has 1 saturated heterocycles. The van der Waals surface area contributed by atoms with Crippen molar-refractivity contribution in [2.45, 2.75) is 18.9 Å². The number of hydrogen-bond donors (Lipinski definition) is 0. The Kier molecular flexibility index (Phi) is 4.80. The number of halogens is 1. The van der Waals surface area contributed by atoms with Crippen molar-refractivity contribution in [3.63, 3.8) is 0 Å². The van der Waals surface area contributed by atoms with E-state index in [4.69, 9.17) is 11.6 Å². The minimum atomic E-state index is -0.558. The topological polar surface area (TPSA) is 66.7 Å². The first kappa shape index (κ1) is 15.7. The van der Waals surface area contributed by atoms with Crippen LogP contribution in [-0.2, 0) is 0 Å². The van der Waals surface area contributed by atoms with Gasteiger partial charge in [-0.2, -0.15) is 0 Å². The van der Waals surface area contributed by atoms with Gasteiger partial charge in [0.05, 0.1) is 4.92 Å². The molecule has 1 heterocycles. The second-order valence-corrected chi connectivity index (χ2v) is 5.78. The number of nitro benzene ring substituents is 1. The Hall–Kier alpha value is -1.66. The third-order valence-corrected chi connectivity index (χ3v) is 4.25. The number of carbonyl (C=O) groups excluding carboxylic acids is 1. The van der Waals surface area contributed by atoms with Gasteiger partial charge < -0.3 is 9.80 Å². The number of piperidine rings is 1. The van der Waals surface area contributed by atoms with E-state index in [1.165, 1.54) is 18.2 Å². The van der Waals surface area contributed by atoms with Crippen molar-refractivity contribution in [1.82, 2.24) is 9.80 Å². The Morgan fingerprint density at radius 1 is 1.43 bits per heavy atom. The maximum Gasteiger partial charge on any atom is 0.287 e. The highest BCUT2D eigenvalue weighted by Crippen LogP contribution is 2.26. The molecule has 0 atom stereocenters. The molecule has 0 aromatic heterocycles. The van der Waals surface area contributed by atoms with Crippen molar-refractivity contribution in [2.24, 2.45) is 0 Å². The molecule has 21 heavy (non-hydrogen) atoms. The van der Waals surface area contributed by atoms with Crippen LogP contribution in [0.15, 0.2) is 18.2 Å². The lowest BCUT2D eigenvalue weighted by Gasteiger charge is -2.35. The Morgan fingerprint density at radius 2 is 2.05 bits per heavy atom. The van der Waals surface area contributed by atoms with E-state index in [9.17, 15) is 14.9 Å². The van der Waals surface area contributed by atoms with Crippen LogP contribution in [0.1, 0.15) is 23.2 Å². The Labute approximate surface area is 128 Å². The summed E-state index contributed by atoms with van der Waals surface area (Å²) in [5, 5.41) is 10.7. The number of likely N-dealkylation sites (tertiary alicyclic amines) is 1. The van der Waals surface area contributed by atoms with Crippen LogP contribution in [0.3, 0.4) is 0 Å². The van der Waals surface area contributed by atoms with E-state index >= 15 is 0 Å². The van der Waals surface area contributed by atoms with Crippen molar-refractivity contribution in [1.29, 1.82) is 0 Å². The van der Waals surface area contributed by atoms with Crippen LogP contribution in [-0.4, -0.2) is 53.9 Å². The third kappa shape index (κ3) is 3.51. The third-order valence-electron chi connectivity index (χ3n) is 3.95. The zero-order valence-electron chi connectivity index (χ0n) is 12.1. The summed E-state index contributed by atoms with van der Waals surface area (Å²) in [6.07, 6.45) is 1.86. The molecule has 1 aromatic carbocycles. The summed E-state index contributed by atoms with van der Waals surface area (Å²) in [7, 11) is 3.84. The Bertz CT molecular complexity index is 556. The van der Waals surface area contributed by atoms with Gasteiger partial charge in [0, 0.05) is 24.7 Å². The van der Waals surface area contributed by atoms with Gasteiger partial charge in [0.25, 0.3) is 11.6 Å². The van der Waals surface area contributed by atoms with Crippen molar-refractivity contribution in [3.05, 3.63) is 38.9 Å². The first-order valence-electron chi connectivity index (χ1n) is 6.80. The molecule has 1 fully saturated rings. The first-order valence-corrected chi connectivity index (χ1v) is 7.17. The highest BCUT2D eigenvalue weighted by Gasteiger charge is 2.25. The molecule has 0 saturated carbocycles. The number of hydrogen-bond acceptors (Lipinski definition) is 4. The molecule has 1 amide bonds. The minimum Gasteiger partial charge on any atom is -0.339 e. The monoisotopic (exact) mass is 311 g/mol. The maximum atomic E-state index is 12.4. The number of nitrogens with zero attached hydrogens (tertiary/aromatic N) is 3. The standard InChI is InChI=1S/C14H18ClN3O3/c1-16-7-5-11(6-8-16)17(2)14(19)10-3-4-13(18(20)21)12(15)9-10/h3-4,9,11H,5-8H2,1-2H3. The molecular formula is C14H18ClN3O3. The van der Waals surface area contributed by atoms with Crippen LogP contribution in [0.4, 0.5) is 5.69 Å². The summed E-state index contributed by atoms with van der Waals surface area (Å²) < 4.78 is 0. The second kappa shape index (κ2) is 6.41. The summed E-state index contributed by atoms with van der Waals surface area (Å²) in [5.74, 6) is -0.152. The molecule has 6 nitrogen and oxygen atoms in total. The molecular weight excluding hydrogens is 294 g/mol. The Morgan fingerprint density at radius 3 is 2.57 bits per heavy atom. The molecule has 0 unspecified atom stereocenters. The van der Waals surface area contributed by atoms with Crippen LogP contribution < -0.4 is 0 Å². The van der Waals surface area contributed by atoms with Gasteiger partial charge in [0.1, 0.15) is 5.02 Å². The molecule has 7 heteroatoms. The average molecular weight is 312 g/mol.